The molecule has 7 nitrogen and oxygen atoms in total. The largest absolute Gasteiger partial charge is 0.497 e. The van der Waals surface area contributed by atoms with Gasteiger partial charge in [-0.2, -0.15) is 5.10 Å². The van der Waals surface area contributed by atoms with Gasteiger partial charge in [-0.1, -0.05) is 18.2 Å². The van der Waals surface area contributed by atoms with Crippen LogP contribution in [0.5, 0.6) is 5.75 Å². The van der Waals surface area contributed by atoms with E-state index in [2.05, 4.69) is 10.2 Å². The molecule has 2 aromatic heterocycles. The van der Waals surface area contributed by atoms with Crippen molar-refractivity contribution >= 4 is 28.9 Å². The van der Waals surface area contributed by atoms with Gasteiger partial charge in [0.05, 0.1) is 35.9 Å². The lowest BCUT2D eigenvalue weighted by Crippen LogP contribution is -2.29. The van der Waals surface area contributed by atoms with Gasteiger partial charge in [0.1, 0.15) is 5.75 Å². The summed E-state index contributed by atoms with van der Waals surface area (Å²) in [5, 5.41) is 9.44. The Balaban J connectivity index is 1.62. The number of anilines is 1. The number of esters is 1. The van der Waals surface area contributed by atoms with Gasteiger partial charge in [-0.15, -0.1) is 11.3 Å². The zero-order chi connectivity index (χ0) is 22.9. The Morgan fingerprint density at radius 1 is 1.12 bits per heavy atom. The minimum absolute atomic E-state index is 0.200. The molecule has 0 bridgehead atoms. The average molecular weight is 460 g/mol. The molecule has 1 amide bonds. The van der Waals surface area contributed by atoms with E-state index in [0.29, 0.717) is 23.6 Å². The summed E-state index contributed by atoms with van der Waals surface area (Å²) in [6.07, 6.45) is 0. The second kappa shape index (κ2) is 8.55. The van der Waals surface area contributed by atoms with E-state index >= 15 is 0 Å². The number of nitrogens with one attached hydrogen (secondary N) is 1. The molecule has 1 unspecified atom stereocenters. The molecule has 1 aliphatic heterocycles. The number of nitrogens with zero attached hydrogens (tertiary/aromatic N) is 2. The molecule has 4 aromatic rings. The quantitative estimate of drug-likeness (QED) is 0.407. The summed E-state index contributed by atoms with van der Waals surface area (Å²) in [6.45, 7) is 2.07. The van der Waals surface area contributed by atoms with Gasteiger partial charge in [0.2, 0.25) is 0 Å². The number of rotatable bonds is 6. The van der Waals surface area contributed by atoms with Gasteiger partial charge in [0, 0.05) is 11.3 Å². The second-order valence-electron chi connectivity index (χ2n) is 7.46. The van der Waals surface area contributed by atoms with E-state index in [-0.39, 0.29) is 11.9 Å². The van der Waals surface area contributed by atoms with Crippen molar-refractivity contribution < 1.29 is 19.1 Å². The average Bonchev–Trinajstić information content (AvgIpc) is 3.57. The van der Waals surface area contributed by atoms with E-state index < -0.39 is 5.97 Å². The number of hydrogen-bond donors (Lipinski definition) is 1. The molecule has 1 aliphatic rings. The van der Waals surface area contributed by atoms with E-state index in [1.165, 1.54) is 0 Å². The predicted octanol–water partition coefficient (Wildman–Crippen LogP) is 5.07. The first kappa shape index (κ1) is 21.0. The molecule has 1 N–H and O–H groups in total. The minimum atomic E-state index is -0.392. The number of methoxy groups -OCH3 is 1. The molecule has 0 spiro atoms. The molecule has 33 heavy (non-hydrogen) atoms. The van der Waals surface area contributed by atoms with Crippen molar-refractivity contribution in [3.05, 3.63) is 88.4 Å². The minimum Gasteiger partial charge on any atom is -0.497 e. The maximum absolute atomic E-state index is 13.5. The first-order valence-corrected chi connectivity index (χ1v) is 11.4. The highest BCUT2D eigenvalue weighted by Gasteiger charge is 2.43. The number of hydrogen-bond acceptors (Lipinski definition) is 6. The zero-order valence-electron chi connectivity index (χ0n) is 18.1. The van der Waals surface area contributed by atoms with Crippen LogP contribution < -0.4 is 9.64 Å². The van der Waals surface area contributed by atoms with Gasteiger partial charge in [-0.25, -0.2) is 4.79 Å². The lowest BCUT2D eigenvalue weighted by molar-refractivity contribution is 0.0526. The third-order valence-corrected chi connectivity index (χ3v) is 6.50. The van der Waals surface area contributed by atoms with Crippen LogP contribution in [-0.2, 0) is 4.74 Å². The molecule has 5 rings (SSSR count). The van der Waals surface area contributed by atoms with Crippen LogP contribution in [0.2, 0.25) is 0 Å². The van der Waals surface area contributed by atoms with Crippen molar-refractivity contribution in [3.8, 4) is 16.3 Å². The van der Waals surface area contributed by atoms with Crippen molar-refractivity contribution in [2.24, 2.45) is 0 Å². The highest BCUT2D eigenvalue weighted by atomic mass is 32.1. The van der Waals surface area contributed by atoms with Gasteiger partial charge in [0.15, 0.2) is 5.69 Å². The summed E-state index contributed by atoms with van der Waals surface area (Å²) < 4.78 is 10.4. The number of carbonyl (C=O) groups excluding carboxylic acids is 2. The van der Waals surface area contributed by atoms with Crippen molar-refractivity contribution in [1.82, 2.24) is 10.2 Å². The van der Waals surface area contributed by atoms with Gasteiger partial charge in [0.25, 0.3) is 5.91 Å². The Hall–Kier alpha value is -3.91. The van der Waals surface area contributed by atoms with Gasteiger partial charge < -0.3 is 9.47 Å². The van der Waals surface area contributed by atoms with Crippen molar-refractivity contribution in [1.29, 1.82) is 0 Å². The lowest BCUT2D eigenvalue weighted by Gasteiger charge is -2.26. The van der Waals surface area contributed by atoms with E-state index in [9.17, 15) is 9.59 Å². The van der Waals surface area contributed by atoms with Crippen LogP contribution in [0, 0.1) is 0 Å². The molecule has 2 aromatic carbocycles. The Bertz CT molecular complexity index is 1290. The van der Waals surface area contributed by atoms with E-state index in [4.69, 9.17) is 9.47 Å². The Labute approximate surface area is 194 Å². The number of thiophene rings is 1. The molecular weight excluding hydrogens is 438 g/mol. The van der Waals surface area contributed by atoms with Crippen molar-refractivity contribution in [2.75, 3.05) is 18.6 Å². The Kier molecular flexibility index (Phi) is 5.43. The zero-order valence-corrected chi connectivity index (χ0v) is 18.9. The molecule has 3 heterocycles. The van der Waals surface area contributed by atoms with Gasteiger partial charge in [-0.3, -0.25) is 14.8 Å². The number of amides is 1. The fourth-order valence-electron chi connectivity index (χ4n) is 4.09. The molecule has 0 aliphatic carbocycles. The lowest BCUT2D eigenvalue weighted by atomic mass is 9.97. The van der Waals surface area contributed by atoms with Crippen LogP contribution in [0.25, 0.3) is 10.6 Å². The van der Waals surface area contributed by atoms with Crippen LogP contribution in [0.4, 0.5) is 5.69 Å². The Morgan fingerprint density at radius 3 is 2.52 bits per heavy atom. The summed E-state index contributed by atoms with van der Waals surface area (Å²) in [5.74, 6) is 0.143. The normalized spacial score (nSPS) is 14.9. The van der Waals surface area contributed by atoms with Gasteiger partial charge >= 0.3 is 5.97 Å². The van der Waals surface area contributed by atoms with E-state index in [0.717, 1.165) is 27.4 Å². The standard InChI is InChI=1S/C25H21N3O4S/c1-3-32-25(30)16-6-10-17(11-7-16)28-23(15-8-12-18(31-2)13-9-15)20-21(19-5-4-14-33-19)26-27-22(20)24(28)29/h4-14,23H,3H2,1-2H3,(H,26,27). The smallest absolute Gasteiger partial charge is 0.338 e. The topological polar surface area (TPSA) is 84.5 Å². The summed E-state index contributed by atoms with van der Waals surface area (Å²) in [5.41, 5.74) is 4.10. The van der Waals surface area contributed by atoms with Crippen LogP contribution in [0.1, 0.15) is 44.9 Å². The van der Waals surface area contributed by atoms with Crippen LogP contribution in [0.3, 0.4) is 0 Å². The van der Waals surface area contributed by atoms with Crippen molar-refractivity contribution in [2.45, 2.75) is 13.0 Å². The maximum atomic E-state index is 13.5. The summed E-state index contributed by atoms with van der Waals surface area (Å²) >= 11 is 1.59. The number of H-pyrrole nitrogens is 1. The first-order valence-electron chi connectivity index (χ1n) is 10.5. The fourth-order valence-corrected chi connectivity index (χ4v) is 4.82. The first-order chi connectivity index (χ1) is 16.1. The summed E-state index contributed by atoms with van der Waals surface area (Å²) in [6, 6.07) is 18.1. The number of aromatic nitrogens is 2. The molecule has 0 fully saturated rings. The molecule has 166 valence electrons. The van der Waals surface area contributed by atoms with E-state index in [1.54, 1.807) is 54.5 Å². The third-order valence-electron chi connectivity index (χ3n) is 5.61. The van der Waals surface area contributed by atoms with Gasteiger partial charge in [-0.05, 0) is 60.3 Å². The molecule has 1 atom stereocenters. The highest BCUT2D eigenvalue weighted by Crippen LogP contribution is 2.45. The SMILES string of the molecule is CCOC(=O)c1ccc(N2C(=O)c3n[nH]c(-c4cccs4)c3C2c2ccc(OC)cc2)cc1. The molecular formula is C25H21N3O4S. The number of fused-ring (bicyclic) bond motifs is 1. The third kappa shape index (κ3) is 3.58. The predicted molar refractivity (Wildman–Crippen MR) is 126 cm³/mol. The molecule has 8 heteroatoms. The molecule has 0 radical (unpaired) electrons. The van der Waals surface area contributed by atoms with E-state index in [1.807, 2.05) is 41.8 Å². The Morgan fingerprint density at radius 2 is 1.88 bits per heavy atom. The number of benzene rings is 2. The van der Waals surface area contributed by atoms with Crippen LogP contribution in [-0.4, -0.2) is 35.8 Å². The second-order valence-corrected chi connectivity index (χ2v) is 8.40. The maximum Gasteiger partial charge on any atom is 0.338 e. The number of aromatic amines is 1. The number of carbonyl (C=O) groups is 2. The highest BCUT2D eigenvalue weighted by molar-refractivity contribution is 7.13. The van der Waals surface area contributed by atoms with Crippen LogP contribution >= 0.6 is 11.3 Å². The summed E-state index contributed by atoms with van der Waals surface area (Å²) in [4.78, 5) is 28.3. The van der Waals surface area contributed by atoms with Crippen LogP contribution in [0.15, 0.2) is 66.0 Å². The fraction of sp³-hybridized carbons (Fsp3) is 0.160. The monoisotopic (exact) mass is 459 g/mol. The molecule has 0 saturated heterocycles. The molecule has 0 saturated carbocycles. The summed E-state index contributed by atoms with van der Waals surface area (Å²) in [7, 11) is 1.62. The number of ether oxygens (including phenoxy) is 2. The van der Waals surface area contributed by atoms with Crippen molar-refractivity contribution in [3.63, 3.8) is 0 Å².